The van der Waals surface area contributed by atoms with Crippen LogP contribution >= 0.6 is 0 Å². The van der Waals surface area contributed by atoms with Crippen molar-refractivity contribution < 1.29 is 64.9 Å². The Morgan fingerprint density at radius 3 is 2.11 bits per heavy atom. The molecule has 312 valence electrons. The SMILES string of the molecule is CC(C)=CCC[C@](C)(O[C@H]1O[C@@H](CO[C@H]2OC[C@H](O)[C@@H](O)[C@@H]2O)[C@H](O)[C@@H](O)[C@@H]1O)[C@H]1CC[C@]2(C)[C@H]1[C@@H](O)C[C@H]1[C@]3(C)CC[C@H](O)C(C)(C)[C@@H]3[C@H](O)C[C@@]12C. The monoisotopic (exact) mass is 770 g/mol. The molecule has 4 saturated carbocycles. The molecule has 0 radical (unpaired) electrons. The number of aliphatic hydroxyl groups excluding tert-OH is 9. The first-order valence-electron chi connectivity index (χ1n) is 20.4. The van der Waals surface area contributed by atoms with Crippen LogP contribution in [0.2, 0.25) is 0 Å². The van der Waals surface area contributed by atoms with E-state index in [1.807, 2.05) is 20.8 Å². The fraction of sp³-hybridized carbons (Fsp3) is 0.951. The van der Waals surface area contributed by atoms with E-state index in [0.29, 0.717) is 32.1 Å². The van der Waals surface area contributed by atoms with Crippen LogP contribution in [0.25, 0.3) is 0 Å². The molecule has 20 atom stereocenters. The Balaban J connectivity index is 1.27. The van der Waals surface area contributed by atoms with Crippen molar-refractivity contribution in [3.05, 3.63) is 11.6 Å². The zero-order valence-electron chi connectivity index (χ0n) is 33.5. The smallest absolute Gasteiger partial charge is 0.187 e. The number of ether oxygens (including phenoxy) is 4. The third kappa shape index (κ3) is 6.86. The molecular weight excluding hydrogens is 700 g/mol. The fourth-order valence-corrected chi connectivity index (χ4v) is 13.1. The second-order valence-electron chi connectivity index (χ2n) is 19.8. The maximum atomic E-state index is 12.4. The molecule has 0 aromatic carbocycles. The van der Waals surface area contributed by atoms with Gasteiger partial charge in [0, 0.05) is 0 Å². The molecule has 6 rings (SSSR count). The predicted octanol–water partition coefficient (Wildman–Crippen LogP) is 1.76. The lowest BCUT2D eigenvalue weighted by Crippen LogP contribution is -2.70. The molecule has 13 heteroatoms. The lowest BCUT2D eigenvalue weighted by atomic mass is 9.34. The topological polar surface area (TPSA) is 219 Å². The molecule has 0 spiro atoms. The second kappa shape index (κ2) is 15.1. The third-order valence-corrected chi connectivity index (χ3v) is 16.2. The van der Waals surface area contributed by atoms with Gasteiger partial charge in [0.25, 0.3) is 0 Å². The van der Waals surface area contributed by atoms with Crippen molar-refractivity contribution >= 4 is 0 Å². The highest BCUT2D eigenvalue weighted by Gasteiger charge is 2.73. The summed E-state index contributed by atoms with van der Waals surface area (Å²) in [5.74, 6) is -0.398. The Morgan fingerprint density at radius 2 is 1.44 bits per heavy atom. The zero-order chi connectivity index (χ0) is 39.9. The molecule has 2 heterocycles. The number of rotatable bonds is 9. The van der Waals surface area contributed by atoms with Crippen LogP contribution in [0, 0.1) is 45.3 Å². The average molecular weight is 771 g/mol. The zero-order valence-corrected chi connectivity index (χ0v) is 33.5. The van der Waals surface area contributed by atoms with E-state index in [4.69, 9.17) is 18.9 Å². The summed E-state index contributed by atoms with van der Waals surface area (Å²) < 4.78 is 24.0. The van der Waals surface area contributed by atoms with Gasteiger partial charge >= 0.3 is 0 Å². The molecule has 0 aromatic rings. The van der Waals surface area contributed by atoms with Crippen LogP contribution in [-0.4, -0.2) is 138 Å². The van der Waals surface area contributed by atoms with Gasteiger partial charge < -0.3 is 64.9 Å². The highest BCUT2D eigenvalue weighted by Crippen LogP contribution is 2.76. The molecule has 0 unspecified atom stereocenters. The van der Waals surface area contributed by atoms with E-state index in [1.165, 1.54) is 0 Å². The lowest BCUT2D eigenvalue weighted by molar-refractivity contribution is -0.346. The summed E-state index contributed by atoms with van der Waals surface area (Å²) in [6, 6.07) is 0. The molecular formula is C41H70O13. The maximum Gasteiger partial charge on any atom is 0.187 e. The first-order chi connectivity index (χ1) is 25.0. The van der Waals surface area contributed by atoms with E-state index in [2.05, 4.69) is 40.7 Å². The lowest BCUT2D eigenvalue weighted by Gasteiger charge is -2.71. The molecule has 2 saturated heterocycles. The van der Waals surface area contributed by atoms with Gasteiger partial charge in [0.2, 0.25) is 0 Å². The second-order valence-corrected chi connectivity index (χ2v) is 19.8. The van der Waals surface area contributed by atoms with E-state index >= 15 is 0 Å². The minimum Gasteiger partial charge on any atom is -0.393 e. The van der Waals surface area contributed by atoms with Gasteiger partial charge in [-0.2, -0.15) is 0 Å². The fourth-order valence-electron chi connectivity index (χ4n) is 13.1. The van der Waals surface area contributed by atoms with Crippen molar-refractivity contribution in [2.45, 2.75) is 186 Å². The van der Waals surface area contributed by atoms with Crippen molar-refractivity contribution in [2.24, 2.45) is 45.3 Å². The summed E-state index contributed by atoms with van der Waals surface area (Å²) in [6.07, 6.45) is -7.53. The van der Waals surface area contributed by atoms with Gasteiger partial charge in [-0.1, -0.05) is 46.3 Å². The van der Waals surface area contributed by atoms with Gasteiger partial charge in [-0.25, -0.2) is 0 Å². The van der Waals surface area contributed by atoms with Crippen molar-refractivity contribution in [3.8, 4) is 0 Å². The van der Waals surface area contributed by atoms with Crippen LogP contribution in [0.1, 0.15) is 107 Å². The molecule has 0 aromatic heterocycles. The normalized spacial score (nSPS) is 52.8. The Kier molecular flexibility index (Phi) is 12.0. The van der Waals surface area contributed by atoms with Crippen LogP contribution in [0.5, 0.6) is 0 Å². The molecule has 13 nitrogen and oxygen atoms in total. The van der Waals surface area contributed by atoms with Crippen LogP contribution in [0.3, 0.4) is 0 Å². The highest BCUT2D eigenvalue weighted by molar-refractivity contribution is 5.22. The van der Waals surface area contributed by atoms with Gasteiger partial charge in [-0.15, -0.1) is 0 Å². The molecule has 6 aliphatic rings. The van der Waals surface area contributed by atoms with Crippen LogP contribution in [0.15, 0.2) is 11.6 Å². The number of hydrogen-bond donors (Lipinski definition) is 9. The van der Waals surface area contributed by atoms with Crippen molar-refractivity contribution in [2.75, 3.05) is 13.2 Å². The third-order valence-electron chi connectivity index (χ3n) is 16.2. The quantitative estimate of drug-likeness (QED) is 0.153. The highest BCUT2D eigenvalue weighted by atomic mass is 16.7. The van der Waals surface area contributed by atoms with Gasteiger partial charge in [0.15, 0.2) is 12.6 Å². The van der Waals surface area contributed by atoms with Gasteiger partial charge in [0.05, 0.1) is 37.1 Å². The Morgan fingerprint density at radius 1 is 0.778 bits per heavy atom. The predicted molar refractivity (Wildman–Crippen MR) is 196 cm³/mol. The van der Waals surface area contributed by atoms with Gasteiger partial charge in [-0.05, 0) is 117 Å². The summed E-state index contributed by atoms with van der Waals surface area (Å²) in [4.78, 5) is 0. The van der Waals surface area contributed by atoms with E-state index in [-0.39, 0.29) is 53.1 Å². The molecule has 9 N–H and O–H groups in total. The summed E-state index contributed by atoms with van der Waals surface area (Å²) >= 11 is 0. The molecule has 0 bridgehead atoms. The molecule has 54 heavy (non-hydrogen) atoms. The molecule has 0 amide bonds. The Bertz CT molecular complexity index is 1360. The summed E-state index contributed by atoms with van der Waals surface area (Å²) in [7, 11) is 0. The van der Waals surface area contributed by atoms with Gasteiger partial charge in [-0.3, -0.25) is 0 Å². The standard InChI is InChI=1S/C41H70O13/c1-20(2)10-9-13-41(8,54-36-33(50)31(48)30(47)25(53-36)19-52-35-32(49)29(46)24(44)18-51-35)21-11-15-39(6)28(21)22(42)16-26-38(5)14-12-27(45)37(3,4)34(38)23(43)17-40(26,39)7/h10,21-36,42-50H,9,11-19H2,1-8H3/t21-,22-,23+,24-,25-,26-,27-,28+,29+,30-,31+,32-,33-,34-,35+,36+,38-,39+,40-,41-/m0/s1. The minimum absolute atomic E-state index is 0.109. The van der Waals surface area contributed by atoms with E-state index < -0.39 is 84.6 Å². The van der Waals surface area contributed by atoms with Crippen molar-refractivity contribution in [1.82, 2.24) is 0 Å². The molecule has 6 fully saturated rings. The molecule has 4 aliphatic carbocycles. The number of fused-ring (bicyclic) bond motifs is 5. The van der Waals surface area contributed by atoms with E-state index in [1.54, 1.807) is 0 Å². The van der Waals surface area contributed by atoms with Crippen LogP contribution in [-0.2, 0) is 18.9 Å². The Labute approximate surface area is 320 Å². The maximum absolute atomic E-state index is 12.4. The van der Waals surface area contributed by atoms with Crippen LogP contribution in [0.4, 0.5) is 0 Å². The summed E-state index contributed by atoms with van der Waals surface area (Å²) in [5, 5.41) is 99.1. The van der Waals surface area contributed by atoms with Crippen molar-refractivity contribution in [1.29, 1.82) is 0 Å². The van der Waals surface area contributed by atoms with E-state index in [0.717, 1.165) is 24.8 Å². The van der Waals surface area contributed by atoms with Crippen LogP contribution < -0.4 is 0 Å². The average Bonchev–Trinajstić information content (AvgIpc) is 3.47. The number of aliphatic hydroxyl groups is 9. The first-order valence-corrected chi connectivity index (χ1v) is 20.4. The van der Waals surface area contributed by atoms with Gasteiger partial charge in [0.1, 0.15) is 42.7 Å². The number of hydrogen-bond acceptors (Lipinski definition) is 13. The minimum atomic E-state index is -1.66. The first kappa shape index (κ1) is 42.8. The summed E-state index contributed by atoms with van der Waals surface area (Å²) in [5.41, 5.74) is -1.30. The largest absolute Gasteiger partial charge is 0.393 e. The Hall–Kier alpha value is -0.780. The molecule has 2 aliphatic heterocycles. The summed E-state index contributed by atoms with van der Waals surface area (Å²) in [6.45, 7) is 16.4. The number of allylic oxidation sites excluding steroid dienone is 2. The van der Waals surface area contributed by atoms with E-state index in [9.17, 15) is 46.0 Å². The van der Waals surface area contributed by atoms with Crippen molar-refractivity contribution in [3.63, 3.8) is 0 Å².